The zero-order chi connectivity index (χ0) is 19.4. The first kappa shape index (κ1) is 18.3. The Morgan fingerprint density at radius 2 is 1.93 bits per heavy atom. The van der Waals surface area contributed by atoms with Crippen LogP contribution in [0, 0.1) is 11.6 Å². The summed E-state index contributed by atoms with van der Waals surface area (Å²) in [7, 11) is 0. The van der Waals surface area contributed by atoms with Gasteiger partial charge in [-0.2, -0.15) is 0 Å². The molecule has 0 amide bonds. The maximum Gasteiger partial charge on any atom is 0.347 e. The third-order valence-electron chi connectivity index (χ3n) is 3.65. The van der Waals surface area contributed by atoms with Crippen LogP contribution < -0.4 is 5.32 Å². The zero-order valence-electron chi connectivity index (χ0n) is 14.3. The van der Waals surface area contributed by atoms with E-state index in [1.807, 2.05) is 0 Å². The summed E-state index contributed by atoms with van der Waals surface area (Å²) >= 11 is 0. The molecule has 0 spiro atoms. The normalized spacial score (nSPS) is 15.1. The number of allylic oxidation sites excluding steroid dienone is 1. The molecule has 0 aliphatic carbocycles. The molecule has 3 rings (SSSR count). The minimum atomic E-state index is -0.871. The molecule has 0 fully saturated rings. The minimum absolute atomic E-state index is 0.0613. The lowest BCUT2D eigenvalue weighted by Gasteiger charge is -2.08. The van der Waals surface area contributed by atoms with Gasteiger partial charge >= 0.3 is 5.97 Å². The van der Waals surface area contributed by atoms with Crippen molar-refractivity contribution >= 4 is 23.5 Å². The van der Waals surface area contributed by atoms with Crippen molar-refractivity contribution in [3.63, 3.8) is 0 Å². The van der Waals surface area contributed by atoms with Gasteiger partial charge in [0, 0.05) is 11.3 Å². The van der Waals surface area contributed by atoms with Crippen LogP contribution in [-0.4, -0.2) is 18.4 Å². The first-order valence-corrected chi connectivity index (χ1v) is 8.12. The molecule has 1 aliphatic heterocycles. The number of carbonyl (C=O) groups is 2. The summed E-state index contributed by atoms with van der Waals surface area (Å²) in [5.41, 5.74) is 0.0477. The van der Waals surface area contributed by atoms with Crippen LogP contribution in [-0.2, 0) is 19.1 Å². The van der Waals surface area contributed by atoms with Gasteiger partial charge in [0.2, 0.25) is 11.7 Å². The maximum atomic E-state index is 13.9. The number of anilines is 1. The molecule has 0 unspecified atom stereocenters. The molecular weight excluding hydrogens is 356 g/mol. The van der Waals surface area contributed by atoms with Crippen LogP contribution in [0.25, 0.3) is 6.08 Å². The number of para-hydroxylation sites is 1. The molecule has 0 aromatic heterocycles. The van der Waals surface area contributed by atoms with Gasteiger partial charge < -0.3 is 14.8 Å². The van der Waals surface area contributed by atoms with Gasteiger partial charge in [0.15, 0.2) is 11.3 Å². The van der Waals surface area contributed by atoms with E-state index in [2.05, 4.69) is 5.32 Å². The lowest BCUT2D eigenvalue weighted by molar-refractivity contribution is -0.139. The topological polar surface area (TPSA) is 64.6 Å². The molecule has 7 heteroatoms. The molecule has 5 nitrogen and oxygen atoms in total. The fraction of sp³-hybridized carbons (Fsp3) is 0.100. The lowest BCUT2D eigenvalue weighted by Crippen LogP contribution is -2.16. The number of hydrogen-bond acceptors (Lipinski definition) is 5. The van der Waals surface area contributed by atoms with Gasteiger partial charge in [-0.1, -0.05) is 18.2 Å². The predicted octanol–water partition coefficient (Wildman–Crippen LogP) is 3.79. The first-order chi connectivity index (χ1) is 13.0. The lowest BCUT2D eigenvalue weighted by atomic mass is 10.1. The smallest absolute Gasteiger partial charge is 0.347 e. The third-order valence-corrected chi connectivity index (χ3v) is 3.65. The summed E-state index contributed by atoms with van der Waals surface area (Å²) in [6.45, 7) is 1.66. The number of ether oxygens (including phenoxy) is 2. The molecule has 138 valence electrons. The van der Waals surface area contributed by atoms with Crippen LogP contribution in [0.2, 0.25) is 0 Å². The highest BCUT2D eigenvalue weighted by molar-refractivity contribution is 6.26. The highest BCUT2D eigenvalue weighted by atomic mass is 19.1. The Hall–Kier alpha value is -3.48. The van der Waals surface area contributed by atoms with E-state index in [1.165, 1.54) is 0 Å². The average molecular weight is 371 g/mol. The Morgan fingerprint density at radius 3 is 2.63 bits per heavy atom. The van der Waals surface area contributed by atoms with Gasteiger partial charge in [-0.25, -0.2) is 13.6 Å². The summed E-state index contributed by atoms with van der Waals surface area (Å²) < 4.78 is 37.6. The highest BCUT2D eigenvalue weighted by Gasteiger charge is 2.37. The largest absolute Gasteiger partial charge is 0.462 e. The Morgan fingerprint density at radius 1 is 1.19 bits per heavy atom. The number of hydrogen-bond donors (Lipinski definition) is 1. The predicted molar refractivity (Wildman–Crippen MR) is 94.2 cm³/mol. The zero-order valence-corrected chi connectivity index (χ0v) is 14.3. The molecular formula is C20H15F2NO4. The molecule has 0 saturated carbocycles. The van der Waals surface area contributed by atoms with E-state index in [-0.39, 0.29) is 29.4 Å². The van der Waals surface area contributed by atoms with E-state index in [0.29, 0.717) is 5.69 Å². The van der Waals surface area contributed by atoms with Crippen LogP contribution in [0.15, 0.2) is 65.7 Å². The summed E-state index contributed by atoms with van der Waals surface area (Å²) in [5, 5.41) is 2.83. The molecule has 0 radical (unpaired) electrons. The number of ketones is 1. The number of halogens is 2. The number of esters is 1. The van der Waals surface area contributed by atoms with Crippen molar-refractivity contribution in [1.29, 1.82) is 0 Å². The van der Waals surface area contributed by atoms with E-state index >= 15 is 0 Å². The number of Topliss-reactive ketones (excluding diaryl/α,β-unsaturated/α-hetero) is 1. The molecule has 0 bridgehead atoms. The second kappa shape index (κ2) is 7.82. The second-order valence-electron chi connectivity index (χ2n) is 5.52. The molecule has 2 aromatic rings. The molecule has 1 N–H and O–H groups in total. The van der Waals surface area contributed by atoms with E-state index in [0.717, 1.165) is 24.3 Å². The fourth-order valence-corrected chi connectivity index (χ4v) is 2.42. The quantitative estimate of drug-likeness (QED) is 0.492. The Balaban J connectivity index is 1.97. The molecule has 0 atom stereocenters. The second-order valence-corrected chi connectivity index (χ2v) is 5.52. The Bertz CT molecular complexity index is 952. The minimum Gasteiger partial charge on any atom is -0.462 e. The van der Waals surface area contributed by atoms with Crippen molar-refractivity contribution in [3.8, 4) is 0 Å². The van der Waals surface area contributed by atoms with Crippen molar-refractivity contribution in [2.24, 2.45) is 0 Å². The van der Waals surface area contributed by atoms with Gasteiger partial charge in [0.1, 0.15) is 11.6 Å². The van der Waals surface area contributed by atoms with Crippen LogP contribution in [0.1, 0.15) is 12.5 Å². The van der Waals surface area contributed by atoms with Gasteiger partial charge in [-0.15, -0.1) is 0 Å². The third kappa shape index (κ3) is 4.03. The summed E-state index contributed by atoms with van der Waals surface area (Å²) in [5.74, 6) is -3.51. The van der Waals surface area contributed by atoms with Gasteiger partial charge in [0.25, 0.3) is 0 Å². The van der Waals surface area contributed by atoms with E-state index < -0.39 is 23.4 Å². The van der Waals surface area contributed by atoms with Crippen LogP contribution >= 0.6 is 0 Å². The van der Waals surface area contributed by atoms with E-state index in [9.17, 15) is 18.4 Å². The van der Waals surface area contributed by atoms with Crippen molar-refractivity contribution < 1.29 is 27.8 Å². The van der Waals surface area contributed by atoms with Crippen molar-refractivity contribution in [1.82, 2.24) is 0 Å². The summed E-state index contributed by atoms with van der Waals surface area (Å²) in [6, 6.07) is 11.5. The number of nitrogens with one attached hydrogen (secondary N) is 1. The van der Waals surface area contributed by atoms with Crippen LogP contribution in [0.3, 0.4) is 0 Å². The number of carbonyl (C=O) groups excluding carboxylic acids is 2. The van der Waals surface area contributed by atoms with Crippen LogP contribution in [0.5, 0.6) is 0 Å². The van der Waals surface area contributed by atoms with Crippen molar-refractivity contribution in [2.45, 2.75) is 6.92 Å². The van der Waals surface area contributed by atoms with Gasteiger partial charge in [-0.05, 0) is 43.3 Å². The molecule has 0 saturated heterocycles. The van der Waals surface area contributed by atoms with Crippen LogP contribution in [0.4, 0.5) is 14.5 Å². The Labute approximate surface area is 153 Å². The van der Waals surface area contributed by atoms with E-state index in [4.69, 9.17) is 9.47 Å². The van der Waals surface area contributed by atoms with Gasteiger partial charge in [-0.3, -0.25) is 4.79 Å². The Kier molecular flexibility index (Phi) is 5.30. The monoisotopic (exact) mass is 371 g/mol. The average Bonchev–Trinajstić information content (AvgIpc) is 2.94. The molecule has 1 aliphatic rings. The van der Waals surface area contributed by atoms with Crippen molar-refractivity contribution in [3.05, 3.63) is 82.9 Å². The van der Waals surface area contributed by atoms with Gasteiger partial charge in [0.05, 0.1) is 6.61 Å². The van der Waals surface area contributed by atoms with E-state index in [1.54, 1.807) is 37.3 Å². The van der Waals surface area contributed by atoms with Crippen molar-refractivity contribution in [2.75, 3.05) is 11.9 Å². The highest BCUT2D eigenvalue weighted by Crippen LogP contribution is 2.29. The number of rotatable bonds is 5. The molecule has 1 heterocycles. The number of benzene rings is 2. The molecule has 2 aromatic carbocycles. The SMILES string of the molecule is CCOC(=O)C1=C(Nc2ccccc2)OC(=Cc2cc(F)ccc2F)C1=O. The summed E-state index contributed by atoms with van der Waals surface area (Å²) in [6.07, 6.45) is 1.04. The molecule has 27 heavy (non-hydrogen) atoms. The standard InChI is InChI=1S/C20H15F2NO4/c1-2-26-20(25)17-18(24)16(11-12-10-13(21)8-9-15(12)22)27-19(17)23-14-6-4-3-5-7-14/h3-11,23H,2H2,1H3. The first-order valence-electron chi connectivity index (χ1n) is 8.12. The fourth-order valence-electron chi connectivity index (χ4n) is 2.42. The maximum absolute atomic E-state index is 13.9. The summed E-state index contributed by atoms with van der Waals surface area (Å²) in [4.78, 5) is 24.8.